The highest BCUT2D eigenvalue weighted by molar-refractivity contribution is 6.30. The molecule has 2 aromatic rings. The van der Waals surface area contributed by atoms with Crippen LogP contribution in [-0.4, -0.2) is 24.2 Å². The Morgan fingerprint density at radius 3 is 2.38 bits per heavy atom. The maximum absolute atomic E-state index is 10.3. The summed E-state index contributed by atoms with van der Waals surface area (Å²) in [6, 6.07) is 15.5. The van der Waals surface area contributed by atoms with Gasteiger partial charge in [-0.05, 0) is 37.1 Å². The monoisotopic (exact) mass is 345 g/mol. The van der Waals surface area contributed by atoms with Gasteiger partial charge in [-0.15, -0.1) is 0 Å². The Hall–Kier alpha value is -2.04. The van der Waals surface area contributed by atoms with Crippen LogP contribution in [0.4, 0.5) is 0 Å². The molecule has 1 atom stereocenters. The Morgan fingerprint density at radius 1 is 1.08 bits per heavy atom. The van der Waals surface area contributed by atoms with Crippen LogP contribution >= 0.6 is 11.6 Å². The topological polar surface area (TPSA) is 56.7 Å². The zero-order valence-electron chi connectivity index (χ0n) is 14.1. The molecule has 0 aliphatic heterocycles. The molecule has 5 heteroatoms. The maximum Gasteiger partial charge on any atom is 0.191 e. The van der Waals surface area contributed by atoms with Crippen molar-refractivity contribution < 1.29 is 5.11 Å². The third-order valence-corrected chi connectivity index (χ3v) is 3.85. The van der Waals surface area contributed by atoms with Gasteiger partial charge in [0.2, 0.25) is 0 Å². The van der Waals surface area contributed by atoms with Crippen molar-refractivity contribution in [3.63, 3.8) is 0 Å². The predicted molar refractivity (Wildman–Crippen MR) is 100 cm³/mol. The molecule has 0 spiro atoms. The molecule has 4 nitrogen and oxygen atoms in total. The molecular formula is C19H24ClN3O. The minimum absolute atomic E-state index is 0.376. The van der Waals surface area contributed by atoms with E-state index in [0.29, 0.717) is 24.1 Å². The van der Waals surface area contributed by atoms with Gasteiger partial charge in [0.1, 0.15) is 0 Å². The van der Waals surface area contributed by atoms with Gasteiger partial charge in [-0.25, -0.2) is 4.99 Å². The number of rotatable bonds is 6. The SMILES string of the molecule is CCNC(=NCc1ccc(C)cc1)NCC(O)c1ccc(Cl)cc1. The van der Waals surface area contributed by atoms with E-state index in [4.69, 9.17) is 11.6 Å². The van der Waals surface area contributed by atoms with Crippen molar-refractivity contribution in [1.82, 2.24) is 10.6 Å². The second kappa shape index (κ2) is 9.30. The van der Waals surface area contributed by atoms with E-state index in [2.05, 4.69) is 46.8 Å². The maximum atomic E-state index is 10.3. The van der Waals surface area contributed by atoms with Crippen LogP contribution < -0.4 is 10.6 Å². The summed E-state index contributed by atoms with van der Waals surface area (Å²) >= 11 is 5.87. The van der Waals surface area contributed by atoms with Crippen LogP contribution in [0.25, 0.3) is 0 Å². The smallest absolute Gasteiger partial charge is 0.191 e. The highest BCUT2D eigenvalue weighted by Gasteiger charge is 2.08. The fourth-order valence-corrected chi connectivity index (χ4v) is 2.33. The largest absolute Gasteiger partial charge is 0.387 e. The molecule has 0 fully saturated rings. The number of halogens is 1. The second-order valence-corrected chi connectivity index (χ2v) is 6.07. The summed E-state index contributed by atoms with van der Waals surface area (Å²) in [6.45, 7) is 5.81. The molecule has 2 rings (SSSR count). The van der Waals surface area contributed by atoms with Crippen LogP contribution in [0, 0.1) is 6.92 Å². The van der Waals surface area contributed by atoms with Crippen molar-refractivity contribution in [1.29, 1.82) is 0 Å². The van der Waals surface area contributed by atoms with Gasteiger partial charge in [0, 0.05) is 18.1 Å². The number of benzene rings is 2. The highest BCUT2D eigenvalue weighted by atomic mass is 35.5. The van der Waals surface area contributed by atoms with E-state index < -0.39 is 6.10 Å². The lowest BCUT2D eigenvalue weighted by molar-refractivity contribution is 0.181. The minimum Gasteiger partial charge on any atom is -0.387 e. The lowest BCUT2D eigenvalue weighted by Gasteiger charge is -2.15. The standard InChI is InChI=1S/C19H24ClN3O/c1-3-21-19(22-12-15-6-4-14(2)5-7-15)23-13-18(24)16-8-10-17(20)11-9-16/h4-11,18,24H,3,12-13H2,1-2H3,(H2,21,22,23). The van der Waals surface area contributed by atoms with E-state index in [-0.39, 0.29) is 0 Å². The van der Waals surface area contributed by atoms with Crippen molar-refractivity contribution in [3.8, 4) is 0 Å². The third kappa shape index (κ3) is 5.87. The van der Waals surface area contributed by atoms with E-state index in [0.717, 1.165) is 17.7 Å². The van der Waals surface area contributed by atoms with Crippen molar-refractivity contribution in [2.24, 2.45) is 4.99 Å². The molecule has 0 saturated heterocycles. The number of aliphatic hydroxyl groups excluding tert-OH is 1. The van der Waals surface area contributed by atoms with Gasteiger partial charge >= 0.3 is 0 Å². The van der Waals surface area contributed by atoms with Gasteiger partial charge in [-0.3, -0.25) is 0 Å². The van der Waals surface area contributed by atoms with Crippen molar-refractivity contribution >= 4 is 17.6 Å². The Morgan fingerprint density at radius 2 is 1.75 bits per heavy atom. The molecule has 0 bridgehead atoms. The number of nitrogens with zero attached hydrogens (tertiary/aromatic N) is 1. The quantitative estimate of drug-likeness (QED) is 0.555. The molecular weight excluding hydrogens is 322 g/mol. The van der Waals surface area contributed by atoms with Crippen LogP contribution in [0.5, 0.6) is 0 Å². The molecule has 1 unspecified atom stereocenters. The van der Waals surface area contributed by atoms with Gasteiger partial charge in [-0.2, -0.15) is 0 Å². The third-order valence-electron chi connectivity index (χ3n) is 3.60. The minimum atomic E-state index is -0.620. The molecule has 0 aliphatic rings. The summed E-state index contributed by atoms with van der Waals surface area (Å²) in [5.41, 5.74) is 3.20. The van der Waals surface area contributed by atoms with Gasteiger partial charge in [0.15, 0.2) is 5.96 Å². The normalized spacial score (nSPS) is 12.8. The number of nitrogens with one attached hydrogen (secondary N) is 2. The number of hydrogen-bond acceptors (Lipinski definition) is 2. The van der Waals surface area contributed by atoms with Crippen LogP contribution in [0.2, 0.25) is 5.02 Å². The van der Waals surface area contributed by atoms with Crippen molar-refractivity contribution in [3.05, 3.63) is 70.2 Å². The van der Waals surface area contributed by atoms with Crippen LogP contribution in [0.3, 0.4) is 0 Å². The van der Waals surface area contributed by atoms with Gasteiger partial charge in [0.25, 0.3) is 0 Å². The first-order chi connectivity index (χ1) is 11.6. The zero-order chi connectivity index (χ0) is 17.4. The number of hydrogen-bond donors (Lipinski definition) is 3. The van der Waals surface area contributed by atoms with E-state index in [9.17, 15) is 5.11 Å². The summed E-state index contributed by atoms with van der Waals surface area (Å²) in [6.07, 6.45) is -0.620. The molecule has 2 aromatic carbocycles. The van der Waals surface area contributed by atoms with E-state index in [1.807, 2.05) is 19.1 Å². The van der Waals surface area contributed by atoms with E-state index in [1.54, 1.807) is 12.1 Å². The van der Waals surface area contributed by atoms with Gasteiger partial charge < -0.3 is 15.7 Å². The first-order valence-electron chi connectivity index (χ1n) is 8.09. The zero-order valence-corrected chi connectivity index (χ0v) is 14.8. The van der Waals surface area contributed by atoms with E-state index in [1.165, 1.54) is 5.56 Å². The molecule has 0 saturated carbocycles. The molecule has 0 heterocycles. The highest BCUT2D eigenvalue weighted by Crippen LogP contribution is 2.15. The summed E-state index contributed by atoms with van der Waals surface area (Å²) < 4.78 is 0. The fraction of sp³-hybridized carbons (Fsp3) is 0.316. The number of guanidine groups is 1. The number of aryl methyl sites for hydroxylation is 1. The van der Waals surface area contributed by atoms with Crippen LogP contribution in [0.1, 0.15) is 29.7 Å². The average Bonchev–Trinajstić information content (AvgIpc) is 2.59. The number of aliphatic hydroxyl groups is 1. The lowest BCUT2D eigenvalue weighted by Crippen LogP contribution is -2.39. The summed E-state index contributed by atoms with van der Waals surface area (Å²) in [7, 11) is 0. The Bertz CT molecular complexity index is 653. The fourth-order valence-electron chi connectivity index (χ4n) is 2.20. The Balaban J connectivity index is 1.93. The Labute approximate surface area is 148 Å². The molecule has 128 valence electrons. The van der Waals surface area contributed by atoms with E-state index >= 15 is 0 Å². The predicted octanol–water partition coefficient (Wildman–Crippen LogP) is 3.44. The summed E-state index contributed by atoms with van der Waals surface area (Å²) in [4.78, 5) is 4.56. The van der Waals surface area contributed by atoms with Crippen LogP contribution in [0.15, 0.2) is 53.5 Å². The Kier molecular flexibility index (Phi) is 7.09. The van der Waals surface area contributed by atoms with Crippen molar-refractivity contribution in [2.75, 3.05) is 13.1 Å². The molecule has 24 heavy (non-hydrogen) atoms. The molecule has 3 N–H and O–H groups in total. The first kappa shape index (κ1) is 18.3. The second-order valence-electron chi connectivity index (χ2n) is 5.63. The molecule has 0 aliphatic carbocycles. The number of aliphatic imine (C=N–C) groups is 1. The average molecular weight is 346 g/mol. The molecule has 0 radical (unpaired) electrons. The summed E-state index contributed by atoms with van der Waals surface area (Å²) in [5.74, 6) is 0.686. The molecule has 0 amide bonds. The lowest BCUT2D eigenvalue weighted by atomic mass is 10.1. The first-order valence-corrected chi connectivity index (χ1v) is 8.47. The van der Waals surface area contributed by atoms with Crippen molar-refractivity contribution in [2.45, 2.75) is 26.5 Å². The summed E-state index contributed by atoms with van der Waals surface area (Å²) in [5, 5.41) is 17.3. The van der Waals surface area contributed by atoms with Crippen LogP contribution in [-0.2, 0) is 6.54 Å². The van der Waals surface area contributed by atoms with Gasteiger partial charge in [0.05, 0.1) is 12.6 Å². The van der Waals surface area contributed by atoms with Gasteiger partial charge in [-0.1, -0.05) is 53.6 Å². The molecule has 0 aromatic heterocycles.